The van der Waals surface area contributed by atoms with Gasteiger partial charge in [-0.05, 0) is 12.8 Å². The van der Waals surface area contributed by atoms with Crippen LogP contribution in [0.2, 0.25) is 6.04 Å². The maximum atomic E-state index is 5.57. The molecule has 0 bridgehead atoms. The second-order valence-electron chi connectivity index (χ2n) is 3.71. The smallest absolute Gasteiger partial charge is 0.377 e. The molecule has 6 heteroatoms. The van der Waals surface area contributed by atoms with Gasteiger partial charge in [0.25, 0.3) is 0 Å². The van der Waals surface area contributed by atoms with Crippen molar-refractivity contribution in [1.82, 2.24) is 0 Å². The molecule has 1 heterocycles. The lowest BCUT2D eigenvalue weighted by molar-refractivity contribution is -0.111. The maximum absolute atomic E-state index is 5.57. The van der Waals surface area contributed by atoms with Crippen molar-refractivity contribution in [2.45, 2.75) is 31.6 Å². The first-order chi connectivity index (χ1) is 7.76. The Balaban J connectivity index is 2.12. The summed E-state index contributed by atoms with van der Waals surface area (Å²) in [6.07, 6.45) is 2.95. The van der Waals surface area contributed by atoms with Crippen LogP contribution in [-0.4, -0.2) is 49.6 Å². The Morgan fingerprint density at radius 1 is 1.19 bits per heavy atom. The van der Waals surface area contributed by atoms with Crippen LogP contribution in [0.4, 0.5) is 0 Å². The Hall–Kier alpha value is 0.0169. The van der Waals surface area contributed by atoms with E-state index in [-0.39, 0.29) is 6.29 Å². The van der Waals surface area contributed by atoms with Crippen LogP contribution in [0, 0.1) is 0 Å². The summed E-state index contributed by atoms with van der Waals surface area (Å²) in [4.78, 5) is 0. The average Bonchev–Trinajstić information content (AvgIpc) is 2.83. The van der Waals surface area contributed by atoms with Crippen LogP contribution in [0.3, 0.4) is 0 Å². The van der Waals surface area contributed by atoms with Gasteiger partial charge in [0.2, 0.25) is 0 Å². The van der Waals surface area contributed by atoms with E-state index in [0.717, 1.165) is 31.9 Å². The van der Waals surface area contributed by atoms with Crippen molar-refractivity contribution in [3.63, 3.8) is 0 Å². The molecule has 1 unspecified atom stereocenters. The van der Waals surface area contributed by atoms with Crippen LogP contribution >= 0.6 is 0 Å². The molecule has 0 N–H and O–H groups in total. The summed E-state index contributed by atoms with van der Waals surface area (Å²) in [5, 5.41) is 0. The van der Waals surface area contributed by atoms with E-state index in [0.29, 0.717) is 6.61 Å². The zero-order chi connectivity index (χ0) is 11.9. The minimum atomic E-state index is -2.41. The zero-order valence-corrected chi connectivity index (χ0v) is 11.4. The standard InChI is InChI=1S/C10H22O5Si/c1-11-16(12-2,13-3)9-5-8-15-10-6-4-7-14-10/h10H,4-9H2,1-3H3. The minimum absolute atomic E-state index is 0.0105. The predicted octanol–water partition coefficient (Wildman–Crippen LogP) is 1.41. The Morgan fingerprint density at radius 3 is 2.38 bits per heavy atom. The van der Waals surface area contributed by atoms with Gasteiger partial charge in [-0.2, -0.15) is 0 Å². The highest BCUT2D eigenvalue weighted by atomic mass is 28.4. The summed E-state index contributed by atoms with van der Waals surface area (Å²) < 4.78 is 26.9. The Bertz CT molecular complexity index is 172. The summed E-state index contributed by atoms with van der Waals surface area (Å²) in [6.45, 7) is 1.48. The summed E-state index contributed by atoms with van der Waals surface area (Å²) in [5.74, 6) is 0. The van der Waals surface area contributed by atoms with E-state index < -0.39 is 8.80 Å². The summed E-state index contributed by atoms with van der Waals surface area (Å²) in [6, 6.07) is 0.767. The quantitative estimate of drug-likeness (QED) is 0.481. The van der Waals surface area contributed by atoms with Crippen LogP contribution in [-0.2, 0) is 22.8 Å². The van der Waals surface area contributed by atoms with Crippen molar-refractivity contribution in [3.05, 3.63) is 0 Å². The van der Waals surface area contributed by atoms with E-state index in [1.807, 2.05) is 0 Å². The third-order valence-corrected chi connectivity index (χ3v) is 5.58. The van der Waals surface area contributed by atoms with Gasteiger partial charge in [0.15, 0.2) is 6.29 Å². The fourth-order valence-electron chi connectivity index (χ4n) is 1.74. The van der Waals surface area contributed by atoms with Crippen LogP contribution in [0.15, 0.2) is 0 Å². The first-order valence-corrected chi connectivity index (χ1v) is 7.58. The molecule has 0 amide bonds. The van der Waals surface area contributed by atoms with Crippen LogP contribution in [0.5, 0.6) is 0 Å². The van der Waals surface area contributed by atoms with Crippen LogP contribution in [0.1, 0.15) is 19.3 Å². The van der Waals surface area contributed by atoms with Crippen LogP contribution in [0.25, 0.3) is 0 Å². The van der Waals surface area contributed by atoms with E-state index in [1.54, 1.807) is 21.3 Å². The second kappa shape index (κ2) is 7.36. The van der Waals surface area contributed by atoms with E-state index in [4.69, 9.17) is 22.8 Å². The van der Waals surface area contributed by atoms with Gasteiger partial charge in [0, 0.05) is 47.0 Å². The van der Waals surface area contributed by atoms with Gasteiger partial charge >= 0.3 is 8.80 Å². The first kappa shape index (κ1) is 14.1. The van der Waals surface area contributed by atoms with Gasteiger partial charge in [0.1, 0.15) is 0 Å². The first-order valence-electron chi connectivity index (χ1n) is 5.65. The molecule has 0 aromatic heterocycles. The molecular formula is C10H22O5Si. The zero-order valence-electron chi connectivity index (χ0n) is 10.4. The number of hydrogen-bond acceptors (Lipinski definition) is 5. The topological polar surface area (TPSA) is 46.2 Å². The van der Waals surface area contributed by atoms with Gasteiger partial charge < -0.3 is 22.8 Å². The monoisotopic (exact) mass is 250 g/mol. The highest BCUT2D eigenvalue weighted by molar-refractivity contribution is 6.60. The van der Waals surface area contributed by atoms with Crippen molar-refractivity contribution in [3.8, 4) is 0 Å². The lowest BCUT2D eigenvalue weighted by atomic mass is 10.4. The highest BCUT2D eigenvalue weighted by Gasteiger charge is 2.36. The van der Waals surface area contributed by atoms with Crippen molar-refractivity contribution in [2.75, 3.05) is 34.5 Å². The van der Waals surface area contributed by atoms with E-state index in [1.165, 1.54) is 0 Å². The SMILES string of the molecule is CO[Si](CCCOC1CCCO1)(OC)OC. The molecule has 0 saturated carbocycles. The third kappa shape index (κ3) is 4.12. The second-order valence-corrected chi connectivity index (χ2v) is 6.80. The molecule has 0 radical (unpaired) electrons. The van der Waals surface area contributed by atoms with Crippen molar-refractivity contribution >= 4 is 8.80 Å². The molecule has 1 rings (SSSR count). The Labute approximate surface area is 98.3 Å². The van der Waals surface area contributed by atoms with Crippen LogP contribution < -0.4 is 0 Å². The lowest BCUT2D eigenvalue weighted by Gasteiger charge is -2.24. The van der Waals surface area contributed by atoms with Gasteiger partial charge in [-0.1, -0.05) is 0 Å². The molecule has 1 aliphatic heterocycles. The van der Waals surface area contributed by atoms with Gasteiger partial charge in [-0.15, -0.1) is 0 Å². The van der Waals surface area contributed by atoms with Crippen molar-refractivity contribution in [2.24, 2.45) is 0 Å². The highest BCUT2D eigenvalue weighted by Crippen LogP contribution is 2.17. The number of hydrogen-bond donors (Lipinski definition) is 0. The lowest BCUT2D eigenvalue weighted by Crippen LogP contribution is -2.42. The molecule has 1 atom stereocenters. The van der Waals surface area contributed by atoms with Gasteiger partial charge in [-0.3, -0.25) is 0 Å². The third-order valence-electron chi connectivity index (χ3n) is 2.75. The average molecular weight is 250 g/mol. The maximum Gasteiger partial charge on any atom is 0.500 e. The molecule has 0 aromatic carbocycles. The molecule has 96 valence electrons. The molecule has 5 nitrogen and oxygen atoms in total. The molecule has 0 aromatic rings. The summed E-state index contributed by atoms with van der Waals surface area (Å²) in [5.41, 5.74) is 0. The predicted molar refractivity (Wildman–Crippen MR) is 61.1 cm³/mol. The largest absolute Gasteiger partial charge is 0.500 e. The van der Waals surface area contributed by atoms with Gasteiger partial charge in [-0.25, -0.2) is 0 Å². The van der Waals surface area contributed by atoms with Crippen molar-refractivity contribution < 1.29 is 22.8 Å². The van der Waals surface area contributed by atoms with E-state index in [2.05, 4.69) is 0 Å². The van der Waals surface area contributed by atoms with E-state index >= 15 is 0 Å². The number of ether oxygens (including phenoxy) is 2. The van der Waals surface area contributed by atoms with Gasteiger partial charge in [0.05, 0.1) is 0 Å². The van der Waals surface area contributed by atoms with E-state index in [9.17, 15) is 0 Å². The molecule has 0 spiro atoms. The summed E-state index contributed by atoms with van der Waals surface area (Å²) in [7, 11) is 2.46. The number of rotatable bonds is 8. The Kier molecular flexibility index (Phi) is 6.48. The molecule has 16 heavy (non-hydrogen) atoms. The summed E-state index contributed by atoms with van der Waals surface area (Å²) >= 11 is 0. The molecule has 1 fully saturated rings. The molecular weight excluding hydrogens is 228 g/mol. The minimum Gasteiger partial charge on any atom is -0.377 e. The fraction of sp³-hybridized carbons (Fsp3) is 1.00. The molecule has 1 saturated heterocycles. The Morgan fingerprint density at radius 2 is 1.88 bits per heavy atom. The molecule has 1 aliphatic rings. The van der Waals surface area contributed by atoms with Crippen molar-refractivity contribution in [1.29, 1.82) is 0 Å². The fourth-order valence-corrected chi connectivity index (χ4v) is 3.43. The molecule has 0 aliphatic carbocycles. The normalized spacial score (nSPS) is 21.6.